The van der Waals surface area contributed by atoms with Gasteiger partial charge in [0.25, 0.3) is 5.91 Å². The molecule has 1 aliphatic rings. The van der Waals surface area contributed by atoms with Crippen LogP contribution in [0.15, 0.2) is 18.2 Å². The summed E-state index contributed by atoms with van der Waals surface area (Å²) in [7, 11) is 0. The maximum Gasteiger partial charge on any atom is 0.257 e. The standard InChI is InChI=1S/C13H16F2N2O/c1-13(6-3-7-17-13)8-16-12(18)11-9(14)4-2-5-10(11)15/h2,4-5,17H,3,6-8H2,1H3,(H,16,18). The van der Waals surface area contributed by atoms with Crippen molar-refractivity contribution in [2.24, 2.45) is 0 Å². The van der Waals surface area contributed by atoms with Gasteiger partial charge in [-0.05, 0) is 38.4 Å². The quantitative estimate of drug-likeness (QED) is 0.864. The molecule has 1 saturated heterocycles. The second-order valence-corrected chi connectivity index (χ2v) is 4.87. The average Bonchev–Trinajstić information content (AvgIpc) is 2.74. The summed E-state index contributed by atoms with van der Waals surface area (Å²) in [5.41, 5.74) is -0.698. The van der Waals surface area contributed by atoms with E-state index in [0.29, 0.717) is 6.54 Å². The van der Waals surface area contributed by atoms with Gasteiger partial charge in [-0.1, -0.05) is 6.07 Å². The Morgan fingerprint density at radius 2 is 2.11 bits per heavy atom. The van der Waals surface area contributed by atoms with E-state index in [2.05, 4.69) is 10.6 Å². The third kappa shape index (κ3) is 2.67. The first-order chi connectivity index (χ1) is 8.52. The van der Waals surface area contributed by atoms with Crippen LogP contribution in [-0.4, -0.2) is 24.5 Å². The van der Waals surface area contributed by atoms with E-state index in [1.165, 1.54) is 6.07 Å². The van der Waals surface area contributed by atoms with Crippen molar-refractivity contribution in [3.63, 3.8) is 0 Å². The maximum absolute atomic E-state index is 13.4. The molecule has 1 atom stereocenters. The van der Waals surface area contributed by atoms with E-state index in [9.17, 15) is 13.6 Å². The van der Waals surface area contributed by atoms with Crippen molar-refractivity contribution >= 4 is 5.91 Å². The molecule has 0 bridgehead atoms. The topological polar surface area (TPSA) is 41.1 Å². The summed E-state index contributed by atoms with van der Waals surface area (Å²) in [6.45, 7) is 3.25. The zero-order valence-corrected chi connectivity index (χ0v) is 10.2. The molecule has 1 aromatic carbocycles. The predicted molar refractivity (Wildman–Crippen MR) is 64.3 cm³/mol. The zero-order valence-electron chi connectivity index (χ0n) is 10.2. The van der Waals surface area contributed by atoms with Crippen molar-refractivity contribution in [3.05, 3.63) is 35.4 Å². The minimum absolute atomic E-state index is 0.183. The minimum atomic E-state index is -0.836. The summed E-state index contributed by atoms with van der Waals surface area (Å²) < 4.78 is 26.8. The highest BCUT2D eigenvalue weighted by molar-refractivity contribution is 5.94. The van der Waals surface area contributed by atoms with E-state index in [1.54, 1.807) is 0 Å². The highest BCUT2D eigenvalue weighted by Crippen LogP contribution is 2.18. The smallest absolute Gasteiger partial charge is 0.257 e. The first kappa shape index (κ1) is 13.0. The van der Waals surface area contributed by atoms with Gasteiger partial charge in [0, 0.05) is 12.1 Å². The number of carbonyl (C=O) groups is 1. The van der Waals surface area contributed by atoms with Gasteiger partial charge < -0.3 is 10.6 Å². The van der Waals surface area contributed by atoms with Crippen LogP contribution in [-0.2, 0) is 0 Å². The van der Waals surface area contributed by atoms with Crippen molar-refractivity contribution in [1.82, 2.24) is 10.6 Å². The van der Waals surface area contributed by atoms with Crippen LogP contribution in [0.5, 0.6) is 0 Å². The molecule has 0 aromatic heterocycles. The molecule has 1 unspecified atom stereocenters. The van der Waals surface area contributed by atoms with Crippen LogP contribution >= 0.6 is 0 Å². The Labute approximate surface area is 105 Å². The molecular formula is C13H16F2N2O. The fourth-order valence-corrected chi connectivity index (χ4v) is 2.19. The van der Waals surface area contributed by atoms with E-state index < -0.39 is 23.1 Å². The predicted octanol–water partition coefficient (Wildman–Crippen LogP) is 1.84. The first-order valence-electron chi connectivity index (χ1n) is 5.99. The molecule has 5 heteroatoms. The summed E-state index contributed by atoms with van der Waals surface area (Å²) in [5.74, 6) is -2.38. The third-order valence-electron chi connectivity index (χ3n) is 3.29. The summed E-state index contributed by atoms with van der Waals surface area (Å²) in [4.78, 5) is 11.8. The Hall–Kier alpha value is -1.49. The Balaban J connectivity index is 2.04. The fraction of sp³-hybridized carbons (Fsp3) is 0.462. The van der Waals surface area contributed by atoms with Crippen LogP contribution in [0.25, 0.3) is 0 Å². The third-order valence-corrected chi connectivity index (χ3v) is 3.29. The minimum Gasteiger partial charge on any atom is -0.350 e. The summed E-state index contributed by atoms with van der Waals surface area (Å²) in [6, 6.07) is 3.39. The van der Waals surface area contributed by atoms with Gasteiger partial charge in [0.05, 0.1) is 0 Å². The summed E-state index contributed by atoms with van der Waals surface area (Å²) in [5, 5.41) is 5.85. The number of amides is 1. The van der Waals surface area contributed by atoms with Gasteiger partial charge in [0.15, 0.2) is 0 Å². The lowest BCUT2D eigenvalue weighted by Gasteiger charge is -2.24. The van der Waals surface area contributed by atoms with Crippen LogP contribution in [0.4, 0.5) is 8.78 Å². The molecule has 1 heterocycles. The number of nitrogens with one attached hydrogen (secondary N) is 2. The Bertz CT molecular complexity index is 436. The van der Waals surface area contributed by atoms with Gasteiger partial charge >= 0.3 is 0 Å². The molecule has 2 rings (SSSR count). The highest BCUT2D eigenvalue weighted by Gasteiger charge is 2.29. The number of carbonyl (C=O) groups excluding carboxylic acids is 1. The molecule has 18 heavy (non-hydrogen) atoms. The molecule has 3 nitrogen and oxygen atoms in total. The van der Waals surface area contributed by atoms with Crippen LogP contribution < -0.4 is 10.6 Å². The van der Waals surface area contributed by atoms with Gasteiger partial charge in [-0.15, -0.1) is 0 Å². The van der Waals surface area contributed by atoms with Crippen molar-refractivity contribution in [3.8, 4) is 0 Å². The molecule has 0 saturated carbocycles. The summed E-state index contributed by atoms with van der Waals surface area (Å²) >= 11 is 0. The SMILES string of the molecule is CC1(CNC(=O)c2c(F)cccc2F)CCCN1. The highest BCUT2D eigenvalue weighted by atomic mass is 19.1. The number of hydrogen-bond donors (Lipinski definition) is 2. The van der Waals surface area contributed by atoms with Crippen molar-refractivity contribution in [2.75, 3.05) is 13.1 Å². The molecule has 0 aliphatic carbocycles. The molecule has 2 N–H and O–H groups in total. The average molecular weight is 254 g/mol. The monoisotopic (exact) mass is 254 g/mol. The van der Waals surface area contributed by atoms with Crippen molar-refractivity contribution < 1.29 is 13.6 Å². The number of halogens is 2. The first-order valence-corrected chi connectivity index (χ1v) is 5.99. The van der Waals surface area contributed by atoms with E-state index in [-0.39, 0.29) is 5.54 Å². The molecular weight excluding hydrogens is 238 g/mol. The van der Waals surface area contributed by atoms with Crippen molar-refractivity contribution in [1.29, 1.82) is 0 Å². The number of hydrogen-bond acceptors (Lipinski definition) is 2. The van der Waals surface area contributed by atoms with E-state index in [4.69, 9.17) is 0 Å². The van der Waals surface area contributed by atoms with E-state index in [1.807, 2.05) is 6.92 Å². The second kappa shape index (κ2) is 5.02. The second-order valence-electron chi connectivity index (χ2n) is 4.87. The molecule has 1 amide bonds. The summed E-state index contributed by atoms with van der Waals surface area (Å²) in [6.07, 6.45) is 1.98. The fourth-order valence-electron chi connectivity index (χ4n) is 2.19. The van der Waals surface area contributed by atoms with Gasteiger partial charge in [-0.2, -0.15) is 0 Å². The van der Waals surface area contributed by atoms with Gasteiger partial charge in [0.1, 0.15) is 17.2 Å². The van der Waals surface area contributed by atoms with Gasteiger partial charge in [-0.3, -0.25) is 4.79 Å². The van der Waals surface area contributed by atoms with Crippen LogP contribution in [0, 0.1) is 11.6 Å². The molecule has 1 aromatic rings. The molecule has 0 radical (unpaired) electrons. The lowest BCUT2D eigenvalue weighted by Crippen LogP contribution is -2.47. The Kier molecular flexibility index (Phi) is 3.61. The lowest BCUT2D eigenvalue weighted by molar-refractivity contribution is 0.0934. The van der Waals surface area contributed by atoms with E-state index in [0.717, 1.165) is 31.5 Å². The normalized spacial score (nSPS) is 23.1. The largest absolute Gasteiger partial charge is 0.350 e. The lowest BCUT2D eigenvalue weighted by atomic mass is 10.0. The molecule has 98 valence electrons. The molecule has 1 aliphatic heterocycles. The van der Waals surface area contributed by atoms with Crippen LogP contribution in [0.3, 0.4) is 0 Å². The zero-order chi connectivity index (χ0) is 13.2. The Morgan fingerprint density at radius 1 is 1.44 bits per heavy atom. The van der Waals surface area contributed by atoms with E-state index >= 15 is 0 Å². The number of rotatable bonds is 3. The van der Waals surface area contributed by atoms with Crippen molar-refractivity contribution in [2.45, 2.75) is 25.3 Å². The maximum atomic E-state index is 13.4. The molecule has 1 fully saturated rings. The van der Waals surface area contributed by atoms with Gasteiger partial charge in [-0.25, -0.2) is 8.78 Å². The van der Waals surface area contributed by atoms with Crippen LogP contribution in [0.1, 0.15) is 30.1 Å². The van der Waals surface area contributed by atoms with Crippen LogP contribution in [0.2, 0.25) is 0 Å². The molecule has 0 spiro atoms. The number of benzene rings is 1. The van der Waals surface area contributed by atoms with Gasteiger partial charge in [0.2, 0.25) is 0 Å². The Morgan fingerprint density at radius 3 is 2.67 bits per heavy atom.